The van der Waals surface area contributed by atoms with E-state index in [1.807, 2.05) is 0 Å². The number of halogens is 9. The number of carbonyl (C=O) groups is 9. The van der Waals surface area contributed by atoms with Gasteiger partial charge in [-0.3, -0.25) is 43.2 Å². The molecule has 0 fully saturated rings. The van der Waals surface area contributed by atoms with Gasteiger partial charge in [-0.05, 0) is 203 Å². The molecule has 3 aromatic rings. The molecular formula is C48H56I9N9O20. The summed E-state index contributed by atoms with van der Waals surface area (Å²) in [5.41, 5.74) is -1.43. The van der Waals surface area contributed by atoms with Gasteiger partial charge >= 0.3 is 0 Å². The molecule has 0 aromatic heterocycles. The number of hydrogen-bond donors (Lipinski definition) is 16. The van der Waals surface area contributed by atoms with Crippen molar-refractivity contribution in [1.82, 2.24) is 30.2 Å². The van der Waals surface area contributed by atoms with E-state index < -0.39 is 156 Å². The molecule has 0 saturated heterocycles. The second-order valence-electron chi connectivity index (χ2n) is 18.3. The van der Waals surface area contributed by atoms with E-state index in [0.29, 0.717) is 0 Å². The average Bonchev–Trinajstić information content (AvgIpc) is 2.46. The van der Waals surface area contributed by atoms with Crippen LogP contribution in [0.1, 0.15) is 62.1 Å². The zero-order valence-corrected chi connectivity index (χ0v) is 64.3. The molecule has 0 aliphatic rings. The smallest absolute Gasteiger partial charge is 0.256 e. The third-order valence-electron chi connectivity index (χ3n) is 11.8. The highest BCUT2D eigenvalue weighted by Crippen LogP contribution is 2.40. The molecule has 0 heterocycles. The van der Waals surface area contributed by atoms with E-state index >= 15 is 4.79 Å². The summed E-state index contributed by atoms with van der Waals surface area (Å²) >= 11 is 15.6. The molecule has 0 spiro atoms. The van der Waals surface area contributed by atoms with Crippen LogP contribution in [-0.2, 0) is 14.4 Å². The molecule has 9 amide bonds. The molecule has 16 N–H and O–H groups in total. The lowest BCUT2D eigenvalue weighted by molar-refractivity contribution is -0.119. The van der Waals surface area contributed by atoms with E-state index in [4.69, 9.17) is 0 Å². The summed E-state index contributed by atoms with van der Waals surface area (Å²) in [7, 11) is 3.92. The van der Waals surface area contributed by atoms with Gasteiger partial charge in [0, 0.05) is 77.7 Å². The maximum absolute atomic E-state index is 15.3. The highest BCUT2D eigenvalue weighted by Gasteiger charge is 2.36. The minimum Gasteiger partial charge on any atom is -0.394 e. The fourth-order valence-electron chi connectivity index (χ4n) is 7.59. The Morgan fingerprint density at radius 3 is 0.826 bits per heavy atom. The van der Waals surface area contributed by atoms with Crippen molar-refractivity contribution in [3.05, 3.63) is 65.5 Å². The van der Waals surface area contributed by atoms with Crippen LogP contribution in [0.15, 0.2) is 0 Å². The molecule has 0 saturated carbocycles. The lowest BCUT2D eigenvalue weighted by atomic mass is 10.1. The Bertz CT molecular complexity index is 2960. The highest BCUT2D eigenvalue weighted by molar-refractivity contribution is 14.1. The number of carbonyl (C=O) groups excluding carboxylic acids is 9. The quantitative estimate of drug-likeness (QED) is 0.0379. The van der Waals surface area contributed by atoms with E-state index in [9.17, 15) is 94.5 Å². The second kappa shape index (κ2) is 37.1. The number of nitrogens with one attached hydrogen (secondary N) is 5. The van der Waals surface area contributed by atoms with Crippen LogP contribution in [0.3, 0.4) is 0 Å². The van der Waals surface area contributed by atoms with Gasteiger partial charge in [-0.25, -0.2) is 0 Å². The summed E-state index contributed by atoms with van der Waals surface area (Å²) in [6, 6.07) is 0. The van der Waals surface area contributed by atoms with Crippen LogP contribution in [-0.4, -0.2) is 266 Å². The number of likely N-dealkylation sites (N-methyl/N-ethyl adjacent to an activating group) is 3. The first kappa shape index (κ1) is 79.3. The van der Waals surface area contributed by atoms with Crippen LogP contribution in [0.4, 0.5) is 17.1 Å². The Balaban J connectivity index is 2.26. The van der Waals surface area contributed by atoms with Crippen LogP contribution in [0.25, 0.3) is 0 Å². The van der Waals surface area contributed by atoms with Crippen molar-refractivity contribution in [1.29, 1.82) is 0 Å². The number of amides is 9. The van der Waals surface area contributed by atoms with Gasteiger partial charge in [-0.2, -0.15) is 0 Å². The van der Waals surface area contributed by atoms with Crippen molar-refractivity contribution in [2.45, 2.75) is 30.5 Å². The summed E-state index contributed by atoms with van der Waals surface area (Å²) in [6.45, 7) is -9.14. The molecule has 0 radical (unpaired) electrons. The molecule has 86 heavy (non-hydrogen) atoms. The number of benzene rings is 3. The molecule has 3 rings (SSSR count). The van der Waals surface area contributed by atoms with Crippen molar-refractivity contribution < 1.29 is 99.3 Å². The molecule has 5 unspecified atom stereocenters. The second-order valence-corrected chi connectivity index (χ2v) is 28.0. The molecule has 0 aliphatic carbocycles. The molecule has 0 bridgehead atoms. The number of aliphatic hydroxyl groups is 11. The topological polar surface area (TPSA) is 449 Å². The molecule has 0 aliphatic heterocycles. The number of aliphatic hydroxyl groups excluding tert-OH is 11. The first-order valence-electron chi connectivity index (χ1n) is 24.4. The zero-order chi connectivity index (χ0) is 65.5. The van der Waals surface area contributed by atoms with E-state index in [1.54, 1.807) is 203 Å². The van der Waals surface area contributed by atoms with Gasteiger partial charge in [-0.15, -0.1) is 0 Å². The molecule has 476 valence electrons. The van der Waals surface area contributed by atoms with Gasteiger partial charge < -0.3 is 102 Å². The van der Waals surface area contributed by atoms with Gasteiger partial charge in [0.05, 0.1) is 122 Å². The van der Waals surface area contributed by atoms with Crippen molar-refractivity contribution in [3.8, 4) is 0 Å². The fraction of sp³-hybridized carbons (Fsp3) is 0.438. The normalized spacial score (nSPS) is 12.9. The van der Waals surface area contributed by atoms with Crippen molar-refractivity contribution in [3.63, 3.8) is 0 Å². The van der Waals surface area contributed by atoms with E-state index in [1.165, 1.54) is 21.1 Å². The summed E-state index contributed by atoms with van der Waals surface area (Å²) in [5, 5.41) is 124. The standard InChI is InChI=1S/C48H56I9N9O20/c1-63(6-19(75)11-67)45(83)27-31(49)25(34(52)40(36(27)54)60-22(78)14-70)43(81)58-4-17(73)9-66(48(86)30-33(51)29(47(85)65(3)8-21(77)13-69)38(56)42(39(30)57)62-24(80)16-72)10-18(74)5-59-44(82)26-32(50)28(46(84)64(2)7-20(76)12-68)37(55)41(35(26)53)61-23(79)15-71/h17-21,67-77H,4-16H2,1-3H3,(H,58,81)(H,59,82)(H,60,78)(H,61,79)(H,62,80). The predicted molar refractivity (Wildman–Crippen MR) is 384 cm³/mol. The van der Waals surface area contributed by atoms with Gasteiger partial charge in [0.2, 0.25) is 17.7 Å². The average molecular weight is 2220 g/mol. The zero-order valence-electron chi connectivity index (χ0n) is 44.9. The third kappa shape index (κ3) is 20.5. The monoisotopic (exact) mass is 2220 g/mol. The Kier molecular flexibility index (Phi) is 34.1. The summed E-state index contributed by atoms with van der Waals surface area (Å²) in [4.78, 5) is 128. The van der Waals surface area contributed by atoms with Gasteiger partial charge in [0.25, 0.3) is 35.4 Å². The fourth-order valence-corrected chi connectivity index (χ4v) is 20.7. The van der Waals surface area contributed by atoms with Crippen molar-refractivity contribution >= 4 is 274 Å². The SMILES string of the molecule is CN(CC(O)CO)C(=O)c1c(I)c(NC(=O)CO)c(I)c(C(=O)NCC(O)CN(CC(O)CNC(=O)c2c(I)c(NC(=O)CO)c(I)c(C(=O)N(C)CC(O)CO)c2I)C(=O)c2c(I)c(NC(=O)CO)c(I)c(C(=O)N(C)CC(O)CO)c2I)c1I. The maximum atomic E-state index is 15.3. The van der Waals surface area contributed by atoms with Crippen LogP contribution in [0.5, 0.6) is 0 Å². The third-order valence-corrected chi connectivity index (χ3v) is 21.5. The number of anilines is 3. The van der Waals surface area contributed by atoms with E-state index in [-0.39, 0.29) is 95.7 Å². The largest absolute Gasteiger partial charge is 0.394 e. The van der Waals surface area contributed by atoms with E-state index in [2.05, 4.69) is 26.6 Å². The molecule has 38 heteroatoms. The lowest BCUT2D eigenvalue weighted by Gasteiger charge is -2.30. The van der Waals surface area contributed by atoms with Crippen LogP contribution >= 0.6 is 203 Å². The lowest BCUT2D eigenvalue weighted by Crippen LogP contribution is -2.48. The van der Waals surface area contributed by atoms with Gasteiger partial charge in [0.1, 0.15) is 19.8 Å². The van der Waals surface area contributed by atoms with Gasteiger partial charge in [-0.1, -0.05) is 0 Å². The first-order valence-corrected chi connectivity index (χ1v) is 34.1. The van der Waals surface area contributed by atoms with Crippen molar-refractivity contribution in [2.24, 2.45) is 0 Å². The predicted octanol–water partition coefficient (Wildman–Crippen LogP) is -0.780. The minimum atomic E-state index is -1.76. The highest BCUT2D eigenvalue weighted by atomic mass is 127. The summed E-state index contributed by atoms with van der Waals surface area (Å²) in [6.07, 6.45) is -7.63. The van der Waals surface area contributed by atoms with Crippen LogP contribution < -0.4 is 26.6 Å². The molecular weight excluding hydrogens is 2160 g/mol. The molecule has 3 aromatic carbocycles. The van der Waals surface area contributed by atoms with Crippen molar-refractivity contribution in [2.75, 3.05) is 123 Å². The number of nitrogens with zero attached hydrogens (tertiary/aromatic N) is 4. The summed E-state index contributed by atoms with van der Waals surface area (Å²) in [5.74, 6) is -8.03. The Morgan fingerprint density at radius 2 is 0.581 bits per heavy atom. The van der Waals surface area contributed by atoms with Gasteiger partial charge in [0.15, 0.2) is 0 Å². The summed E-state index contributed by atoms with van der Waals surface area (Å²) < 4.78 is 0.466. The minimum absolute atomic E-state index is 0.0176. The molecule has 29 nitrogen and oxygen atoms in total. The molecule has 5 atom stereocenters. The van der Waals surface area contributed by atoms with Crippen LogP contribution in [0.2, 0.25) is 0 Å². The first-order chi connectivity index (χ1) is 40.2. The number of hydrogen-bond acceptors (Lipinski definition) is 20. The Hall–Kier alpha value is -0.980. The maximum Gasteiger partial charge on any atom is 0.256 e. The van der Waals surface area contributed by atoms with E-state index in [0.717, 1.165) is 19.6 Å². The van der Waals surface area contributed by atoms with Crippen LogP contribution in [0, 0.1) is 32.1 Å². The number of rotatable bonds is 29. The Morgan fingerprint density at radius 1 is 0.349 bits per heavy atom. The Labute approximate surface area is 613 Å².